The number of fused-ring (bicyclic) bond motifs is 4. The number of nitrogens with zero attached hydrogens (tertiary/aromatic N) is 7. The number of anilines is 2. The van der Waals surface area contributed by atoms with Gasteiger partial charge in [0.15, 0.2) is 5.65 Å². The summed E-state index contributed by atoms with van der Waals surface area (Å²) in [6.07, 6.45) is 5.94. The number of aryl methyl sites for hydroxylation is 1. The summed E-state index contributed by atoms with van der Waals surface area (Å²) in [7, 11) is 0. The van der Waals surface area contributed by atoms with Crippen molar-refractivity contribution in [3.8, 4) is 0 Å². The summed E-state index contributed by atoms with van der Waals surface area (Å²) in [5.41, 5.74) is 10.1. The molecule has 0 amide bonds. The highest BCUT2D eigenvalue weighted by atomic mass is 35.5. The largest absolute Gasteiger partial charge is 0.382 e. The number of halogens is 1. The predicted molar refractivity (Wildman–Crippen MR) is 191 cm³/mol. The van der Waals surface area contributed by atoms with Crippen LogP contribution in [0.3, 0.4) is 0 Å². The van der Waals surface area contributed by atoms with E-state index >= 15 is 0 Å². The molecular weight excluding hydrogens is 596 g/mol. The van der Waals surface area contributed by atoms with Gasteiger partial charge in [0.05, 0.1) is 22.4 Å². The van der Waals surface area contributed by atoms with Crippen LogP contribution in [-0.4, -0.2) is 66.4 Å². The molecule has 0 aliphatic rings. The zero-order valence-electron chi connectivity index (χ0n) is 27.0. The van der Waals surface area contributed by atoms with Crippen molar-refractivity contribution in [3.63, 3.8) is 0 Å². The van der Waals surface area contributed by atoms with Gasteiger partial charge in [-0.2, -0.15) is 10.1 Å². The van der Waals surface area contributed by atoms with Gasteiger partial charge in [0.25, 0.3) is 5.95 Å². The third-order valence-electron chi connectivity index (χ3n) is 7.93. The van der Waals surface area contributed by atoms with Crippen molar-refractivity contribution < 1.29 is 0 Å². The number of benzene rings is 2. The van der Waals surface area contributed by atoms with Gasteiger partial charge in [-0.15, -0.1) is 10.2 Å². The number of hydrogen-bond donors (Lipinski definition) is 3. The van der Waals surface area contributed by atoms with Crippen LogP contribution in [-0.2, 0) is 0 Å². The molecule has 10 nitrogen and oxygen atoms in total. The first-order valence-corrected chi connectivity index (χ1v) is 16.1. The fourth-order valence-electron chi connectivity index (χ4n) is 5.30. The minimum absolute atomic E-state index is 0.335. The first-order chi connectivity index (χ1) is 22.4. The van der Waals surface area contributed by atoms with Gasteiger partial charge >= 0.3 is 0 Å². The van der Waals surface area contributed by atoms with Crippen molar-refractivity contribution in [2.24, 2.45) is 5.10 Å². The Hall–Kier alpha value is -4.67. The predicted octanol–water partition coefficient (Wildman–Crippen LogP) is 7.86. The highest BCUT2D eigenvalue weighted by Crippen LogP contribution is 2.26. The molecule has 4 aromatic heterocycles. The maximum atomic E-state index is 6.04. The van der Waals surface area contributed by atoms with Crippen molar-refractivity contribution in [1.82, 2.24) is 35.0 Å². The van der Waals surface area contributed by atoms with Gasteiger partial charge < -0.3 is 15.2 Å². The van der Waals surface area contributed by atoms with Crippen molar-refractivity contribution in [2.45, 2.75) is 53.5 Å². The molecule has 0 bridgehead atoms. The Morgan fingerprint density at radius 1 is 0.978 bits per heavy atom. The third kappa shape index (κ3) is 8.13. The third-order valence-corrected chi connectivity index (χ3v) is 8.16. The van der Waals surface area contributed by atoms with Crippen molar-refractivity contribution in [3.05, 3.63) is 89.3 Å². The molecule has 238 valence electrons. The molecule has 1 atom stereocenters. The second kappa shape index (κ2) is 15.6. The van der Waals surface area contributed by atoms with E-state index in [-0.39, 0.29) is 0 Å². The lowest BCUT2D eigenvalue weighted by Gasteiger charge is -2.20. The Morgan fingerprint density at radius 3 is 2.61 bits per heavy atom. The molecule has 1 unspecified atom stereocenters. The second-order valence-corrected chi connectivity index (χ2v) is 11.7. The highest BCUT2D eigenvalue weighted by Gasteiger charge is 2.11. The molecule has 46 heavy (non-hydrogen) atoms. The standard InChI is InChI=1S/C18H26ClN3.C17H15N7/c1-4-22(5-2)12-6-7-14(3)21-17-10-11-20-18-13-15(19)8-9-16(17)18;1-10-6-5-7-12-14(10)19-16-15(12)22-24-17(20-16)23-21-11(2)13-8-3-4-9-18-13/h8-11,13-14H,4-7,12H2,1-3H3,(H,20,21);3-9H,1-2H3,(H2,19,20,23,24)/b;21-11-. The lowest BCUT2D eigenvalue weighted by Crippen LogP contribution is -2.25. The van der Waals surface area contributed by atoms with Gasteiger partial charge in [-0.05, 0) is 95.2 Å². The number of hydrogen-bond acceptors (Lipinski definition) is 9. The Kier molecular flexibility index (Phi) is 11.1. The molecule has 0 aliphatic heterocycles. The second-order valence-electron chi connectivity index (χ2n) is 11.2. The van der Waals surface area contributed by atoms with E-state index < -0.39 is 0 Å². The molecule has 0 radical (unpaired) electrons. The summed E-state index contributed by atoms with van der Waals surface area (Å²) in [6, 6.07) is 20.1. The van der Waals surface area contributed by atoms with Crippen LogP contribution in [0.2, 0.25) is 5.02 Å². The van der Waals surface area contributed by atoms with Gasteiger partial charge in [-0.25, -0.2) is 5.43 Å². The monoisotopic (exact) mass is 636 g/mol. The molecule has 11 heteroatoms. The summed E-state index contributed by atoms with van der Waals surface area (Å²) < 4.78 is 0. The SMILES string of the molecule is C/C(=N/Nc1nnc2c(n1)[nH]c1c(C)cccc12)c1ccccn1.CCN(CC)CCCC(C)Nc1ccnc2cc(Cl)ccc12. The van der Waals surface area contributed by atoms with E-state index in [0.29, 0.717) is 17.6 Å². The molecule has 0 spiro atoms. The van der Waals surface area contributed by atoms with Crippen molar-refractivity contribution in [1.29, 1.82) is 0 Å². The summed E-state index contributed by atoms with van der Waals surface area (Å²) in [5, 5.41) is 19.1. The van der Waals surface area contributed by atoms with Crippen LogP contribution in [0.5, 0.6) is 0 Å². The molecular formula is C35H41ClN10. The van der Waals surface area contributed by atoms with Crippen molar-refractivity contribution in [2.75, 3.05) is 30.4 Å². The lowest BCUT2D eigenvalue weighted by atomic mass is 10.1. The van der Waals surface area contributed by atoms with Crippen LogP contribution in [0, 0.1) is 6.92 Å². The fourth-order valence-corrected chi connectivity index (χ4v) is 5.47. The highest BCUT2D eigenvalue weighted by molar-refractivity contribution is 6.31. The van der Waals surface area contributed by atoms with Crippen LogP contribution < -0.4 is 10.7 Å². The summed E-state index contributed by atoms with van der Waals surface area (Å²) in [5.74, 6) is 0.335. The van der Waals surface area contributed by atoms with E-state index in [1.165, 1.54) is 13.0 Å². The molecule has 4 heterocycles. The van der Waals surface area contributed by atoms with E-state index in [4.69, 9.17) is 11.6 Å². The van der Waals surface area contributed by atoms with E-state index in [1.807, 2.05) is 80.7 Å². The number of H-pyrrole nitrogens is 1. The van der Waals surface area contributed by atoms with Gasteiger partial charge in [-0.3, -0.25) is 9.97 Å². The van der Waals surface area contributed by atoms with Gasteiger partial charge in [0.2, 0.25) is 0 Å². The van der Waals surface area contributed by atoms with E-state index in [1.54, 1.807) is 6.20 Å². The molecule has 2 aromatic carbocycles. The van der Waals surface area contributed by atoms with Crippen LogP contribution in [0.25, 0.3) is 33.0 Å². The first-order valence-electron chi connectivity index (χ1n) is 15.7. The van der Waals surface area contributed by atoms with E-state index in [2.05, 4.69) is 71.6 Å². The van der Waals surface area contributed by atoms with Crippen LogP contribution in [0.15, 0.2) is 78.2 Å². The minimum atomic E-state index is 0.335. The average Bonchev–Trinajstić information content (AvgIpc) is 3.45. The number of rotatable bonds is 11. The Labute approximate surface area is 274 Å². The maximum Gasteiger partial charge on any atom is 0.265 e. The Balaban J connectivity index is 0.000000182. The zero-order valence-corrected chi connectivity index (χ0v) is 27.8. The molecule has 6 aromatic rings. The summed E-state index contributed by atoms with van der Waals surface area (Å²) >= 11 is 6.04. The van der Waals surface area contributed by atoms with E-state index in [0.717, 1.165) is 74.5 Å². The normalized spacial score (nSPS) is 12.4. The van der Waals surface area contributed by atoms with Crippen molar-refractivity contribution >= 4 is 61.9 Å². The van der Waals surface area contributed by atoms with Crippen LogP contribution >= 0.6 is 11.6 Å². The van der Waals surface area contributed by atoms with Crippen LogP contribution in [0.1, 0.15) is 51.8 Å². The molecule has 6 rings (SSSR count). The quantitative estimate of drug-likeness (QED) is 0.0971. The smallest absolute Gasteiger partial charge is 0.265 e. The molecule has 0 aliphatic carbocycles. The van der Waals surface area contributed by atoms with Crippen LogP contribution in [0.4, 0.5) is 11.6 Å². The molecule has 3 N–H and O–H groups in total. The minimum Gasteiger partial charge on any atom is -0.382 e. The Bertz CT molecular complexity index is 1920. The van der Waals surface area contributed by atoms with Gasteiger partial charge in [0, 0.05) is 39.9 Å². The summed E-state index contributed by atoms with van der Waals surface area (Å²) in [6.45, 7) is 14.0. The van der Waals surface area contributed by atoms with Gasteiger partial charge in [0.1, 0.15) is 5.52 Å². The molecule has 0 saturated carbocycles. The number of para-hydroxylation sites is 1. The van der Waals surface area contributed by atoms with Gasteiger partial charge in [-0.1, -0.05) is 49.7 Å². The summed E-state index contributed by atoms with van der Waals surface area (Å²) in [4.78, 5) is 18.8. The lowest BCUT2D eigenvalue weighted by molar-refractivity contribution is 0.295. The number of aromatic amines is 1. The number of pyridine rings is 2. The van der Waals surface area contributed by atoms with E-state index in [9.17, 15) is 0 Å². The Morgan fingerprint density at radius 2 is 1.83 bits per heavy atom. The maximum absolute atomic E-state index is 6.04. The number of hydrazone groups is 1. The zero-order chi connectivity index (χ0) is 32.5. The first kappa shape index (κ1) is 32.7. The number of aromatic nitrogens is 6. The molecule has 0 saturated heterocycles. The number of nitrogens with one attached hydrogen (secondary N) is 3. The average molecular weight is 637 g/mol. The fraction of sp³-hybridized carbons (Fsp3) is 0.314. The topological polar surface area (TPSA) is 120 Å². The molecule has 0 fully saturated rings.